The smallest absolute Gasteiger partial charge is 0.400 e. The van der Waals surface area contributed by atoms with Crippen molar-refractivity contribution < 1.29 is 27.2 Å². The number of carbonyl (C=O) groups is 2. The van der Waals surface area contributed by atoms with Gasteiger partial charge in [0, 0.05) is 18.2 Å². The lowest BCUT2D eigenvalue weighted by Gasteiger charge is -2.26. The zero-order chi connectivity index (χ0) is 23.1. The van der Waals surface area contributed by atoms with E-state index in [1.807, 2.05) is 0 Å². The molecule has 0 aliphatic carbocycles. The number of nitrogens with one attached hydrogen (secondary N) is 1. The molecule has 1 saturated heterocycles. The van der Waals surface area contributed by atoms with Gasteiger partial charge in [0.1, 0.15) is 17.2 Å². The topological polar surface area (TPSA) is 119 Å². The number of nitrogens with two attached hydrogens (primary N) is 1. The van der Waals surface area contributed by atoms with E-state index in [1.165, 1.54) is 4.90 Å². The minimum absolute atomic E-state index is 0.178. The fraction of sp³-hybridized carbons (Fsp3) is 0.474. The number of alkyl halides is 3. The highest BCUT2D eigenvalue weighted by atomic mass is 32.1. The van der Waals surface area contributed by atoms with E-state index in [1.54, 1.807) is 6.92 Å². The van der Waals surface area contributed by atoms with Crippen LogP contribution in [0.5, 0.6) is 0 Å². The molecule has 0 unspecified atom stereocenters. The van der Waals surface area contributed by atoms with Crippen LogP contribution in [-0.2, 0) is 10.2 Å². The molecule has 1 aliphatic rings. The van der Waals surface area contributed by atoms with Crippen molar-refractivity contribution in [2.75, 3.05) is 11.9 Å². The van der Waals surface area contributed by atoms with Gasteiger partial charge in [0.15, 0.2) is 5.13 Å². The summed E-state index contributed by atoms with van der Waals surface area (Å²) in [7, 11) is 0. The molecule has 3 amide bonds. The average molecular weight is 458 g/mol. The van der Waals surface area contributed by atoms with Crippen molar-refractivity contribution >= 4 is 28.4 Å². The summed E-state index contributed by atoms with van der Waals surface area (Å²) in [5.74, 6) is -1.12. The van der Waals surface area contributed by atoms with E-state index in [2.05, 4.69) is 10.3 Å². The molecule has 2 aromatic rings. The number of aryl methyl sites for hydroxylation is 1. The Morgan fingerprint density at radius 1 is 1.32 bits per heavy atom. The molecule has 3 heterocycles. The lowest BCUT2D eigenvalue weighted by atomic mass is 9.88. The summed E-state index contributed by atoms with van der Waals surface area (Å²) >= 11 is 0.997. The van der Waals surface area contributed by atoms with E-state index in [9.17, 15) is 27.6 Å². The normalized spacial score (nSPS) is 17.1. The number of halogens is 3. The number of carbonyl (C=O) groups excluding carboxylic acids is 2. The number of amides is 3. The van der Waals surface area contributed by atoms with Gasteiger partial charge < -0.3 is 15.1 Å². The number of thiazole rings is 1. The monoisotopic (exact) mass is 458 g/mol. The van der Waals surface area contributed by atoms with Crippen LogP contribution in [0.1, 0.15) is 38.1 Å². The van der Waals surface area contributed by atoms with Gasteiger partial charge >= 0.3 is 17.8 Å². The third-order valence-electron chi connectivity index (χ3n) is 5.21. The van der Waals surface area contributed by atoms with Crippen LogP contribution < -0.4 is 16.7 Å². The fourth-order valence-corrected chi connectivity index (χ4v) is 4.19. The predicted molar refractivity (Wildman–Crippen MR) is 108 cm³/mol. The first-order chi connectivity index (χ1) is 14.3. The quantitative estimate of drug-likeness (QED) is 0.728. The second-order valence-corrected chi connectivity index (χ2v) is 8.77. The number of hydrogen-bond acceptors (Lipinski definition) is 6. The summed E-state index contributed by atoms with van der Waals surface area (Å²) in [6.45, 7) is 3.82. The molecule has 3 N–H and O–H groups in total. The van der Waals surface area contributed by atoms with E-state index in [0.29, 0.717) is 30.0 Å². The molecule has 0 saturated carbocycles. The van der Waals surface area contributed by atoms with Crippen molar-refractivity contribution in [1.29, 1.82) is 0 Å². The van der Waals surface area contributed by atoms with Gasteiger partial charge in [-0.3, -0.25) is 10.1 Å². The third kappa shape index (κ3) is 4.43. The van der Waals surface area contributed by atoms with Gasteiger partial charge in [0.25, 0.3) is 0 Å². The molecule has 12 heteroatoms. The second kappa shape index (κ2) is 7.98. The zero-order valence-corrected chi connectivity index (χ0v) is 17.8. The first kappa shape index (κ1) is 22.8. The molecule has 2 aromatic heterocycles. The summed E-state index contributed by atoms with van der Waals surface area (Å²) in [6.07, 6.45) is -3.51. The van der Waals surface area contributed by atoms with Gasteiger partial charge in [-0.2, -0.15) is 13.2 Å². The molecule has 3 rings (SSSR count). The van der Waals surface area contributed by atoms with Crippen molar-refractivity contribution in [1.82, 2.24) is 9.88 Å². The van der Waals surface area contributed by atoms with Crippen molar-refractivity contribution in [2.45, 2.75) is 51.2 Å². The van der Waals surface area contributed by atoms with Gasteiger partial charge in [-0.05, 0) is 39.7 Å². The Morgan fingerprint density at radius 3 is 2.61 bits per heavy atom. The summed E-state index contributed by atoms with van der Waals surface area (Å²) in [4.78, 5) is 41.9. The van der Waals surface area contributed by atoms with E-state index < -0.39 is 41.0 Å². The molecule has 31 heavy (non-hydrogen) atoms. The minimum Gasteiger partial charge on any atom is -0.427 e. The van der Waals surface area contributed by atoms with Crippen molar-refractivity contribution in [2.24, 2.45) is 5.73 Å². The van der Waals surface area contributed by atoms with Crippen LogP contribution in [0.3, 0.4) is 0 Å². The maximum absolute atomic E-state index is 13.4. The molecular weight excluding hydrogens is 437 g/mol. The summed E-state index contributed by atoms with van der Waals surface area (Å²) < 4.78 is 45.0. The van der Waals surface area contributed by atoms with Gasteiger partial charge in [0.2, 0.25) is 5.91 Å². The maximum Gasteiger partial charge on any atom is 0.400 e. The number of urea groups is 1. The van der Waals surface area contributed by atoms with E-state index in [4.69, 9.17) is 10.2 Å². The zero-order valence-electron chi connectivity index (χ0n) is 17.0. The van der Waals surface area contributed by atoms with Crippen molar-refractivity contribution in [3.05, 3.63) is 34.0 Å². The standard InChI is InChI=1S/C19H21F3N4O4S/c1-9-14(10-7-12(30-13(27)8-10)18(2,3)19(20,21)22)31-16(24-9)25-17(29)26-6-4-5-11(26)15(23)28/h7-8,11H,4-6H2,1-3H3,(H2,23,28)(H,24,25,29)/t11-/m1/s1. The largest absolute Gasteiger partial charge is 0.427 e. The van der Waals surface area contributed by atoms with Crippen LogP contribution in [0, 0.1) is 6.92 Å². The number of likely N-dealkylation sites (tertiary alicyclic amines) is 1. The predicted octanol–water partition coefficient (Wildman–Crippen LogP) is 3.39. The number of aromatic nitrogens is 1. The molecule has 0 aromatic carbocycles. The van der Waals surface area contributed by atoms with Crippen LogP contribution in [0.15, 0.2) is 21.3 Å². The first-order valence-corrected chi connectivity index (χ1v) is 10.2. The molecule has 1 fully saturated rings. The first-order valence-electron chi connectivity index (χ1n) is 9.38. The van der Waals surface area contributed by atoms with Gasteiger partial charge in [-0.15, -0.1) is 0 Å². The van der Waals surface area contributed by atoms with Gasteiger partial charge in [-0.25, -0.2) is 14.6 Å². The Hall–Kier alpha value is -2.89. The average Bonchev–Trinajstić information content (AvgIpc) is 3.27. The summed E-state index contributed by atoms with van der Waals surface area (Å²) in [6, 6.07) is 0.982. The Morgan fingerprint density at radius 2 is 2.00 bits per heavy atom. The third-order valence-corrected chi connectivity index (χ3v) is 6.33. The molecule has 0 bridgehead atoms. The fourth-order valence-electron chi connectivity index (χ4n) is 3.24. The molecule has 0 spiro atoms. The second-order valence-electron chi connectivity index (χ2n) is 7.77. The Balaban J connectivity index is 1.90. The molecule has 168 valence electrons. The highest BCUT2D eigenvalue weighted by Crippen LogP contribution is 2.42. The Bertz CT molecular complexity index is 1080. The Labute approximate surface area is 179 Å². The van der Waals surface area contributed by atoms with E-state index in [0.717, 1.165) is 37.3 Å². The van der Waals surface area contributed by atoms with Crippen LogP contribution in [-0.4, -0.2) is 40.6 Å². The van der Waals surface area contributed by atoms with Gasteiger partial charge in [0.05, 0.1) is 10.6 Å². The highest BCUT2D eigenvalue weighted by Gasteiger charge is 2.50. The number of nitrogens with zero attached hydrogens (tertiary/aromatic N) is 2. The Kier molecular flexibility index (Phi) is 5.87. The van der Waals surface area contributed by atoms with Gasteiger partial charge in [-0.1, -0.05) is 11.3 Å². The number of rotatable bonds is 4. The molecule has 0 radical (unpaired) electrons. The van der Waals surface area contributed by atoms with Crippen LogP contribution in [0.25, 0.3) is 10.4 Å². The number of primary amides is 1. The molecule has 1 aliphatic heterocycles. The maximum atomic E-state index is 13.4. The number of hydrogen-bond donors (Lipinski definition) is 2. The summed E-state index contributed by atoms with van der Waals surface area (Å²) in [5, 5.41) is 2.77. The lowest BCUT2D eigenvalue weighted by molar-refractivity contribution is -0.185. The van der Waals surface area contributed by atoms with Crippen LogP contribution in [0.2, 0.25) is 0 Å². The van der Waals surface area contributed by atoms with E-state index >= 15 is 0 Å². The van der Waals surface area contributed by atoms with Crippen molar-refractivity contribution in [3.8, 4) is 10.4 Å². The lowest BCUT2D eigenvalue weighted by Crippen LogP contribution is -2.45. The number of anilines is 1. The molecule has 1 atom stereocenters. The molecular formula is C19H21F3N4O4S. The van der Waals surface area contributed by atoms with E-state index in [-0.39, 0.29) is 10.7 Å². The highest BCUT2D eigenvalue weighted by molar-refractivity contribution is 7.19. The van der Waals surface area contributed by atoms with Crippen LogP contribution >= 0.6 is 11.3 Å². The van der Waals surface area contributed by atoms with Crippen molar-refractivity contribution in [3.63, 3.8) is 0 Å². The van der Waals surface area contributed by atoms with Crippen LogP contribution in [0.4, 0.5) is 23.1 Å². The SMILES string of the molecule is Cc1nc(NC(=O)N2CCC[C@@H]2C(N)=O)sc1-c1cc(C(C)(C)C(F)(F)F)oc(=O)c1. The molecule has 8 nitrogen and oxygen atoms in total. The summed E-state index contributed by atoms with van der Waals surface area (Å²) in [5.41, 5.74) is 2.64. The minimum atomic E-state index is -4.63.